The highest BCUT2D eigenvalue weighted by atomic mass is 79.9. The SMILES string of the molecule is Cc1noc(N)c1-c1ccc(Br)cc1. The zero-order chi connectivity index (χ0) is 10.1. The van der Waals surface area contributed by atoms with Crippen LogP contribution in [0.4, 0.5) is 5.88 Å². The topological polar surface area (TPSA) is 52.0 Å². The fourth-order valence-corrected chi connectivity index (χ4v) is 1.62. The molecule has 0 fully saturated rings. The number of aryl methyl sites for hydroxylation is 1. The van der Waals surface area contributed by atoms with Gasteiger partial charge in [-0.05, 0) is 24.6 Å². The standard InChI is InChI=1S/C10H9BrN2O/c1-6-9(10(12)14-13-6)7-2-4-8(11)5-3-7/h2-5H,12H2,1H3. The summed E-state index contributed by atoms with van der Waals surface area (Å²) in [6.45, 7) is 1.87. The van der Waals surface area contributed by atoms with Gasteiger partial charge in [-0.15, -0.1) is 0 Å². The summed E-state index contributed by atoms with van der Waals surface area (Å²) in [5.41, 5.74) is 8.37. The van der Waals surface area contributed by atoms with E-state index in [1.54, 1.807) is 0 Å². The number of halogens is 1. The van der Waals surface area contributed by atoms with Crippen LogP contribution in [0.3, 0.4) is 0 Å². The van der Waals surface area contributed by atoms with Crippen molar-refractivity contribution in [2.75, 3.05) is 5.73 Å². The molecule has 0 bridgehead atoms. The lowest BCUT2D eigenvalue weighted by molar-refractivity contribution is 0.431. The minimum absolute atomic E-state index is 0.366. The molecule has 72 valence electrons. The number of anilines is 1. The lowest BCUT2D eigenvalue weighted by Crippen LogP contribution is -1.86. The lowest BCUT2D eigenvalue weighted by Gasteiger charge is -1.99. The molecule has 0 unspecified atom stereocenters. The van der Waals surface area contributed by atoms with E-state index in [9.17, 15) is 0 Å². The normalized spacial score (nSPS) is 10.4. The first-order chi connectivity index (χ1) is 6.68. The average molecular weight is 253 g/mol. The summed E-state index contributed by atoms with van der Waals surface area (Å²) in [6, 6.07) is 7.86. The summed E-state index contributed by atoms with van der Waals surface area (Å²) in [5, 5.41) is 3.80. The van der Waals surface area contributed by atoms with Gasteiger partial charge in [0.2, 0.25) is 5.88 Å². The highest BCUT2D eigenvalue weighted by Crippen LogP contribution is 2.29. The van der Waals surface area contributed by atoms with Crippen LogP contribution in [-0.4, -0.2) is 5.16 Å². The number of nitrogens with zero attached hydrogens (tertiary/aromatic N) is 1. The fourth-order valence-electron chi connectivity index (χ4n) is 1.35. The van der Waals surface area contributed by atoms with Crippen LogP contribution in [-0.2, 0) is 0 Å². The molecule has 0 aliphatic rings. The molecular formula is C10H9BrN2O. The second kappa shape index (κ2) is 3.46. The summed E-state index contributed by atoms with van der Waals surface area (Å²) in [5.74, 6) is 0.366. The Bertz CT molecular complexity index is 428. The molecule has 0 radical (unpaired) electrons. The number of aromatic nitrogens is 1. The van der Waals surface area contributed by atoms with Gasteiger partial charge in [-0.2, -0.15) is 0 Å². The Morgan fingerprint density at radius 1 is 1.29 bits per heavy atom. The van der Waals surface area contributed by atoms with Gasteiger partial charge in [0.25, 0.3) is 0 Å². The van der Waals surface area contributed by atoms with Crippen LogP contribution in [0, 0.1) is 6.92 Å². The Kier molecular flexibility index (Phi) is 2.29. The molecule has 3 nitrogen and oxygen atoms in total. The minimum atomic E-state index is 0.366. The Morgan fingerprint density at radius 3 is 2.43 bits per heavy atom. The van der Waals surface area contributed by atoms with Crippen molar-refractivity contribution in [1.29, 1.82) is 0 Å². The third-order valence-electron chi connectivity index (χ3n) is 2.02. The van der Waals surface area contributed by atoms with Gasteiger partial charge in [-0.3, -0.25) is 0 Å². The third kappa shape index (κ3) is 1.53. The maximum absolute atomic E-state index is 5.67. The molecule has 0 saturated carbocycles. The Balaban J connectivity index is 2.54. The molecule has 1 aromatic carbocycles. The van der Waals surface area contributed by atoms with Crippen molar-refractivity contribution in [3.63, 3.8) is 0 Å². The number of hydrogen-bond acceptors (Lipinski definition) is 3. The molecule has 2 aromatic rings. The number of hydrogen-bond donors (Lipinski definition) is 1. The average Bonchev–Trinajstić information content (AvgIpc) is 2.49. The molecule has 0 spiro atoms. The van der Waals surface area contributed by atoms with E-state index in [0.717, 1.165) is 21.3 Å². The third-order valence-corrected chi connectivity index (χ3v) is 2.55. The first-order valence-corrected chi connectivity index (χ1v) is 4.95. The molecule has 1 heterocycles. The highest BCUT2D eigenvalue weighted by Gasteiger charge is 2.11. The van der Waals surface area contributed by atoms with E-state index in [1.165, 1.54) is 0 Å². The molecule has 4 heteroatoms. The second-order valence-electron chi connectivity index (χ2n) is 3.01. The maximum atomic E-state index is 5.67. The van der Waals surface area contributed by atoms with E-state index in [4.69, 9.17) is 10.3 Å². The summed E-state index contributed by atoms with van der Waals surface area (Å²) >= 11 is 3.38. The number of nitrogen functional groups attached to an aromatic ring is 1. The van der Waals surface area contributed by atoms with Crippen LogP contribution in [0.15, 0.2) is 33.3 Å². The summed E-state index contributed by atoms with van der Waals surface area (Å²) < 4.78 is 5.93. The van der Waals surface area contributed by atoms with Crippen LogP contribution >= 0.6 is 15.9 Å². The predicted molar refractivity (Wildman–Crippen MR) is 58.8 cm³/mol. The molecule has 0 aliphatic heterocycles. The van der Waals surface area contributed by atoms with E-state index in [0.29, 0.717) is 5.88 Å². The molecule has 0 atom stereocenters. The first-order valence-electron chi connectivity index (χ1n) is 4.16. The largest absolute Gasteiger partial charge is 0.367 e. The quantitative estimate of drug-likeness (QED) is 0.849. The molecular weight excluding hydrogens is 244 g/mol. The lowest BCUT2D eigenvalue weighted by atomic mass is 10.1. The number of rotatable bonds is 1. The zero-order valence-corrected chi connectivity index (χ0v) is 9.21. The van der Waals surface area contributed by atoms with Crippen molar-refractivity contribution >= 4 is 21.8 Å². The van der Waals surface area contributed by atoms with Gasteiger partial charge in [0.05, 0.1) is 11.3 Å². The van der Waals surface area contributed by atoms with E-state index in [-0.39, 0.29) is 0 Å². The van der Waals surface area contributed by atoms with Gasteiger partial charge in [0, 0.05) is 4.47 Å². The van der Waals surface area contributed by atoms with Crippen molar-refractivity contribution in [2.24, 2.45) is 0 Å². The smallest absolute Gasteiger partial charge is 0.230 e. The van der Waals surface area contributed by atoms with Crippen LogP contribution in [0.25, 0.3) is 11.1 Å². The van der Waals surface area contributed by atoms with Crippen molar-refractivity contribution in [3.8, 4) is 11.1 Å². The zero-order valence-electron chi connectivity index (χ0n) is 7.62. The van der Waals surface area contributed by atoms with Crippen molar-refractivity contribution in [2.45, 2.75) is 6.92 Å². The predicted octanol–water partition coefficient (Wildman–Crippen LogP) is 2.99. The van der Waals surface area contributed by atoms with Gasteiger partial charge in [0.15, 0.2) is 0 Å². The van der Waals surface area contributed by atoms with Gasteiger partial charge in [-0.1, -0.05) is 33.2 Å². The van der Waals surface area contributed by atoms with E-state index in [1.807, 2.05) is 31.2 Å². The highest BCUT2D eigenvalue weighted by molar-refractivity contribution is 9.10. The number of benzene rings is 1. The van der Waals surface area contributed by atoms with Gasteiger partial charge in [-0.25, -0.2) is 0 Å². The fraction of sp³-hybridized carbons (Fsp3) is 0.100. The molecule has 14 heavy (non-hydrogen) atoms. The molecule has 1 aromatic heterocycles. The van der Waals surface area contributed by atoms with Crippen molar-refractivity contribution < 1.29 is 4.52 Å². The van der Waals surface area contributed by atoms with Gasteiger partial charge in [0.1, 0.15) is 0 Å². The minimum Gasteiger partial charge on any atom is -0.367 e. The van der Waals surface area contributed by atoms with Crippen LogP contribution in [0.5, 0.6) is 0 Å². The molecule has 2 rings (SSSR count). The van der Waals surface area contributed by atoms with Gasteiger partial charge >= 0.3 is 0 Å². The second-order valence-corrected chi connectivity index (χ2v) is 3.93. The molecule has 0 aliphatic carbocycles. The van der Waals surface area contributed by atoms with E-state index < -0.39 is 0 Å². The van der Waals surface area contributed by atoms with Crippen LogP contribution in [0.1, 0.15) is 5.69 Å². The van der Waals surface area contributed by atoms with Crippen molar-refractivity contribution in [1.82, 2.24) is 5.16 Å². The Hall–Kier alpha value is -1.29. The Morgan fingerprint density at radius 2 is 1.93 bits per heavy atom. The first kappa shape index (κ1) is 9.27. The molecule has 0 saturated heterocycles. The number of nitrogens with two attached hydrogens (primary N) is 1. The van der Waals surface area contributed by atoms with Crippen LogP contribution in [0.2, 0.25) is 0 Å². The summed E-state index contributed by atoms with van der Waals surface area (Å²) in [7, 11) is 0. The van der Waals surface area contributed by atoms with Gasteiger partial charge < -0.3 is 10.3 Å². The Labute approximate surface area is 90.0 Å². The van der Waals surface area contributed by atoms with Crippen LogP contribution < -0.4 is 5.73 Å². The molecule has 0 amide bonds. The summed E-state index contributed by atoms with van der Waals surface area (Å²) in [4.78, 5) is 0. The van der Waals surface area contributed by atoms with Crippen molar-refractivity contribution in [3.05, 3.63) is 34.4 Å². The monoisotopic (exact) mass is 252 g/mol. The maximum Gasteiger partial charge on any atom is 0.230 e. The van der Waals surface area contributed by atoms with E-state index >= 15 is 0 Å². The molecule has 2 N–H and O–H groups in total. The summed E-state index contributed by atoms with van der Waals surface area (Å²) in [6.07, 6.45) is 0. The van der Waals surface area contributed by atoms with E-state index in [2.05, 4.69) is 21.1 Å².